The first-order chi connectivity index (χ1) is 4.41. The Balaban J connectivity index is 2.86. The minimum absolute atomic E-state index is 0.669. The molecule has 0 rings (SSSR count). The molecule has 0 heterocycles. The van der Waals surface area contributed by atoms with Crippen LogP contribution in [0.15, 0.2) is 5.16 Å². The highest BCUT2D eigenvalue weighted by atomic mass is 16.6. The van der Waals surface area contributed by atoms with Crippen LogP contribution >= 0.6 is 0 Å². The van der Waals surface area contributed by atoms with E-state index in [0.29, 0.717) is 6.61 Å². The fraction of sp³-hybridized carbons (Fsp3) is 0.857. The van der Waals surface area contributed by atoms with E-state index in [0.717, 1.165) is 6.42 Å². The number of hydrogen-bond acceptors (Lipinski definition) is 2. The maximum Gasteiger partial charge on any atom is 0.114 e. The Bertz CT molecular complexity index is 71.3. The lowest BCUT2D eigenvalue weighted by molar-refractivity contribution is 0.160. The van der Waals surface area contributed by atoms with Crippen molar-refractivity contribution < 1.29 is 4.84 Å². The maximum absolute atomic E-state index is 4.75. The van der Waals surface area contributed by atoms with Crippen LogP contribution in [0.5, 0.6) is 0 Å². The van der Waals surface area contributed by atoms with Gasteiger partial charge in [-0.3, -0.25) is 0 Å². The van der Waals surface area contributed by atoms with E-state index in [1.807, 2.05) is 13.1 Å². The zero-order chi connectivity index (χ0) is 6.95. The van der Waals surface area contributed by atoms with Crippen LogP contribution in [0.25, 0.3) is 0 Å². The molecule has 0 fully saturated rings. The molecular weight excluding hydrogens is 114 g/mol. The molecule has 9 heavy (non-hydrogen) atoms. The quantitative estimate of drug-likeness (QED) is 0.317. The van der Waals surface area contributed by atoms with Gasteiger partial charge >= 0.3 is 0 Å². The summed E-state index contributed by atoms with van der Waals surface area (Å²) in [5, 5.41) is 3.70. The molecule has 0 spiro atoms. The summed E-state index contributed by atoms with van der Waals surface area (Å²) in [7, 11) is 0. The number of hydrogen-bond donors (Lipinski definition) is 0. The molecule has 0 saturated carbocycles. The van der Waals surface area contributed by atoms with E-state index in [9.17, 15) is 0 Å². The van der Waals surface area contributed by atoms with Gasteiger partial charge in [0.05, 0.1) is 0 Å². The van der Waals surface area contributed by atoms with Crippen molar-refractivity contribution >= 4 is 6.21 Å². The van der Waals surface area contributed by atoms with Crippen molar-refractivity contribution in [1.29, 1.82) is 0 Å². The summed E-state index contributed by atoms with van der Waals surface area (Å²) < 4.78 is 0. The molecule has 54 valence electrons. The van der Waals surface area contributed by atoms with Gasteiger partial charge < -0.3 is 4.84 Å². The van der Waals surface area contributed by atoms with Crippen molar-refractivity contribution in [3.63, 3.8) is 0 Å². The van der Waals surface area contributed by atoms with Gasteiger partial charge in [0.1, 0.15) is 6.61 Å². The summed E-state index contributed by atoms with van der Waals surface area (Å²) >= 11 is 0. The summed E-state index contributed by atoms with van der Waals surface area (Å²) in [4.78, 5) is 4.75. The Morgan fingerprint density at radius 3 is 2.78 bits per heavy atom. The lowest BCUT2D eigenvalue weighted by Crippen LogP contribution is -1.80. The summed E-state index contributed by atoms with van der Waals surface area (Å²) in [5.41, 5.74) is 0. The van der Waals surface area contributed by atoms with Gasteiger partial charge in [-0.1, -0.05) is 18.5 Å². The van der Waals surface area contributed by atoms with Crippen LogP contribution in [0, 0.1) is 0 Å². The molecule has 2 heteroatoms. The van der Waals surface area contributed by atoms with Gasteiger partial charge in [-0.25, -0.2) is 0 Å². The minimum Gasteiger partial charge on any atom is -0.396 e. The van der Waals surface area contributed by atoms with E-state index >= 15 is 0 Å². The molecule has 0 aliphatic rings. The van der Waals surface area contributed by atoms with Crippen molar-refractivity contribution in [2.75, 3.05) is 6.61 Å². The van der Waals surface area contributed by atoms with Crippen molar-refractivity contribution in [3.05, 3.63) is 0 Å². The smallest absolute Gasteiger partial charge is 0.114 e. The highest BCUT2D eigenvalue weighted by Crippen LogP contribution is 1.89. The SMILES string of the molecule is CCCCC=NOCC. The van der Waals surface area contributed by atoms with Gasteiger partial charge in [0.15, 0.2) is 0 Å². The average molecular weight is 129 g/mol. The van der Waals surface area contributed by atoms with Gasteiger partial charge in [0, 0.05) is 6.21 Å². The van der Waals surface area contributed by atoms with E-state index in [4.69, 9.17) is 4.84 Å². The van der Waals surface area contributed by atoms with Gasteiger partial charge in [-0.2, -0.15) is 0 Å². The van der Waals surface area contributed by atoms with Crippen LogP contribution in [0.2, 0.25) is 0 Å². The molecule has 0 aromatic heterocycles. The molecule has 0 saturated heterocycles. The van der Waals surface area contributed by atoms with Gasteiger partial charge in [0.2, 0.25) is 0 Å². The molecule has 0 aromatic rings. The zero-order valence-electron chi connectivity index (χ0n) is 6.26. The van der Waals surface area contributed by atoms with Crippen molar-refractivity contribution in [3.8, 4) is 0 Å². The molecule has 0 aliphatic heterocycles. The molecule has 0 amide bonds. The third-order valence-corrected chi connectivity index (χ3v) is 0.965. The Morgan fingerprint density at radius 1 is 1.44 bits per heavy atom. The number of rotatable bonds is 5. The van der Waals surface area contributed by atoms with Gasteiger partial charge in [-0.05, 0) is 19.8 Å². The largest absolute Gasteiger partial charge is 0.396 e. The molecule has 0 bridgehead atoms. The predicted octanol–water partition coefficient (Wildman–Crippen LogP) is 2.20. The molecule has 0 unspecified atom stereocenters. The van der Waals surface area contributed by atoms with E-state index in [2.05, 4.69) is 12.1 Å². The topological polar surface area (TPSA) is 21.6 Å². The van der Waals surface area contributed by atoms with E-state index < -0.39 is 0 Å². The summed E-state index contributed by atoms with van der Waals surface area (Å²) in [6.45, 7) is 4.76. The molecule has 0 atom stereocenters. The summed E-state index contributed by atoms with van der Waals surface area (Å²) in [5.74, 6) is 0. The Labute approximate surface area is 56.9 Å². The van der Waals surface area contributed by atoms with E-state index in [-0.39, 0.29) is 0 Å². The summed E-state index contributed by atoms with van der Waals surface area (Å²) in [6, 6.07) is 0. The van der Waals surface area contributed by atoms with Crippen molar-refractivity contribution in [2.24, 2.45) is 5.16 Å². The van der Waals surface area contributed by atoms with Crippen LogP contribution < -0.4 is 0 Å². The lowest BCUT2D eigenvalue weighted by Gasteiger charge is -1.89. The second kappa shape index (κ2) is 7.47. The first kappa shape index (κ1) is 8.47. The van der Waals surface area contributed by atoms with Crippen molar-refractivity contribution in [2.45, 2.75) is 33.1 Å². The fourth-order valence-electron chi connectivity index (χ4n) is 0.475. The molecule has 0 radical (unpaired) electrons. The second-order valence-electron chi connectivity index (χ2n) is 1.85. The van der Waals surface area contributed by atoms with Crippen LogP contribution in [0.1, 0.15) is 33.1 Å². The Kier molecular flexibility index (Phi) is 7.03. The third kappa shape index (κ3) is 7.47. The van der Waals surface area contributed by atoms with Gasteiger partial charge in [-0.15, -0.1) is 0 Å². The fourth-order valence-corrected chi connectivity index (χ4v) is 0.475. The standard InChI is InChI=1S/C7H15NO/c1-3-5-6-7-8-9-4-2/h7H,3-6H2,1-2H3. The van der Waals surface area contributed by atoms with Crippen LogP contribution in [0.3, 0.4) is 0 Å². The second-order valence-corrected chi connectivity index (χ2v) is 1.85. The van der Waals surface area contributed by atoms with Crippen LogP contribution in [0.4, 0.5) is 0 Å². The normalized spacial score (nSPS) is 10.4. The summed E-state index contributed by atoms with van der Waals surface area (Å²) in [6.07, 6.45) is 5.29. The first-order valence-electron chi connectivity index (χ1n) is 3.55. The van der Waals surface area contributed by atoms with Crippen molar-refractivity contribution in [1.82, 2.24) is 0 Å². The predicted molar refractivity (Wildman–Crippen MR) is 39.6 cm³/mol. The Hall–Kier alpha value is -0.530. The third-order valence-electron chi connectivity index (χ3n) is 0.965. The number of oxime groups is 1. The molecule has 0 aliphatic carbocycles. The molecule has 0 aromatic carbocycles. The van der Waals surface area contributed by atoms with Crippen LogP contribution in [-0.4, -0.2) is 12.8 Å². The average Bonchev–Trinajstić information content (AvgIpc) is 1.89. The van der Waals surface area contributed by atoms with E-state index in [1.165, 1.54) is 12.8 Å². The molecular formula is C7H15NO. The molecule has 0 N–H and O–H groups in total. The minimum atomic E-state index is 0.669. The van der Waals surface area contributed by atoms with Gasteiger partial charge in [0.25, 0.3) is 0 Å². The first-order valence-corrected chi connectivity index (χ1v) is 3.55. The Morgan fingerprint density at radius 2 is 2.22 bits per heavy atom. The highest BCUT2D eigenvalue weighted by molar-refractivity contribution is 5.55. The maximum atomic E-state index is 4.75. The highest BCUT2D eigenvalue weighted by Gasteiger charge is 1.77. The number of unbranched alkanes of at least 4 members (excludes halogenated alkanes) is 2. The van der Waals surface area contributed by atoms with Crippen LogP contribution in [-0.2, 0) is 4.84 Å². The van der Waals surface area contributed by atoms with E-state index in [1.54, 1.807) is 0 Å². The monoisotopic (exact) mass is 129 g/mol. The zero-order valence-corrected chi connectivity index (χ0v) is 6.26. The number of nitrogens with zero attached hydrogens (tertiary/aromatic N) is 1. The lowest BCUT2D eigenvalue weighted by atomic mass is 10.3. The molecule has 2 nitrogen and oxygen atoms in total.